The van der Waals surface area contributed by atoms with Crippen molar-refractivity contribution in [1.29, 1.82) is 0 Å². The van der Waals surface area contributed by atoms with Crippen molar-refractivity contribution in [2.75, 3.05) is 13.7 Å². The summed E-state index contributed by atoms with van der Waals surface area (Å²) in [6, 6.07) is 0.420. The second-order valence-electron chi connectivity index (χ2n) is 5.67. The molecule has 1 unspecified atom stereocenters. The van der Waals surface area contributed by atoms with Gasteiger partial charge in [-0.2, -0.15) is 5.10 Å². The number of ether oxygens (including phenoxy) is 1. The smallest absolute Gasteiger partial charge is 0.0640 e. The van der Waals surface area contributed by atoms with Gasteiger partial charge in [-0.3, -0.25) is 4.68 Å². The van der Waals surface area contributed by atoms with Gasteiger partial charge in [0.15, 0.2) is 0 Å². The second-order valence-corrected chi connectivity index (χ2v) is 5.67. The molecule has 4 nitrogen and oxygen atoms in total. The van der Waals surface area contributed by atoms with Gasteiger partial charge < -0.3 is 10.1 Å². The number of rotatable bonds is 9. The molecule has 0 fully saturated rings. The zero-order valence-corrected chi connectivity index (χ0v) is 13.1. The maximum atomic E-state index is 5.43. The first-order valence-corrected chi connectivity index (χ1v) is 7.33. The molecule has 0 aliphatic carbocycles. The van der Waals surface area contributed by atoms with Crippen LogP contribution in [-0.2, 0) is 11.3 Å². The number of hydrogen-bond acceptors (Lipinski definition) is 3. The van der Waals surface area contributed by atoms with Crippen LogP contribution in [0.3, 0.4) is 0 Å². The third-order valence-electron chi connectivity index (χ3n) is 3.60. The summed E-state index contributed by atoms with van der Waals surface area (Å²) in [5.41, 5.74) is 1.20. The van der Waals surface area contributed by atoms with Crippen molar-refractivity contribution in [2.24, 2.45) is 0 Å². The summed E-state index contributed by atoms with van der Waals surface area (Å²) < 4.78 is 7.45. The van der Waals surface area contributed by atoms with E-state index in [1.54, 1.807) is 7.11 Å². The molecule has 110 valence electrons. The Bertz CT molecular complexity index is 360. The number of nitrogens with one attached hydrogen (secondary N) is 1. The Kier molecular flexibility index (Phi) is 6.52. The van der Waals surface area contributed by atoms with Crippen molar-refractivity contribution in [3.63, 3.8) is 0 Å². The topological polar surface area (TPSA) is 39.1 Å². The first-order valence-electron chi connectivity index (χ1n) is 7.33. The molecule has 4 heteroatoms. The average Bonchev–Trinajstić information content (AvgIpc) is 2.86. The van der Waals surface area contributed by atoms with Crippen molar-refractivity contribution in [3.8, 4) is 0 Å². The summed E-state index contributed by atoms with van der Waals surface area (Å²) in [6.45, 7) is 10.6. The standard InChI is InChI=1S/C15H29N3O/c1-6-9-16-14(7-2)13-11-17-18(12-13)10-8-15(3,4)19-5/h11-12,14,16H,6-10H2,1-5H3. The Hall–Kier alpha value is -0.870. The molecule has 0 aliphatic rings. The molecular formula is C15H29N3O. The lowest BCUT2D eigenvalue weighted by molar-refractivity contribution is 0.0113. The molecule has 1 aromatic heterocycles. The van der Waals surface area contributed by atoms with Gasteiger partial charge in [-0.1, -0.05) is 13.8 Å². The van der Waals surface area contributed by atoms with Gasteiger partial charge in [-0.15, -0.1) is 0 Å². The molecule has 1 aromatic rings. The number of nitrogens with zero attached hydrogens (tertiary/aromatic N) is 2. The van der Waals surface area contributed by atoms with E-state index in [1.807, 2.05) is 10.9 Å². The normalized spacial score (nSPS) is 13.7. The van der Waals surface area contributed by atoms with Gasteiger partial charge in [0.2, 0.25) is 0 Å². The van der Waals surface area contributed by atoms with Gasteiger partial charge >= 0.3 is 0 Å². The average molecular weight is 267 g/mol. The molecule has 1 atom stereocenters. The second kappa shape index (κ2) is 7.65. The van der Waals surface area contributed by atoms with E-state index < -0.39 is 0 Å². The molecule has 1 rings (SSSR count). The summed E-state index contributed by atoms with van der Waals surface area (Å²) in [5.74, 6) is 0. The zero-order valence-electron chi connectivity index (χ0n) is 13.1. The van der Waals surface area contributed by atoms with Crippen molar-refractivity contribution >= 4 is 0 Å². The highest BCUT2D eigenvalue weighted by Gasteiger charge is 2.17. The Morgan fingerprint density at radius 1 is 1.42 bits per heavy atom. The van der Waals surface area contributed by atoms with E-state index in [9.17, 15) is 0 Å². The highest BCUT2D eigenvalue weighted by atomic mass is 16.5. The van der Waals surface area contributed by atoms with Crippen molar-refractivity contribution in [3.05, 3.63) is 18.0 Å². The fourth-order valence-corrected chi connectivity index (χ4v) is 1.98. The van der Waals surface area contributed by atoms with E-state index in [0.29, 0.717) is 6.04 Å². The SMILES string of the molecule is CCCNC(CC)c1cnn(CCC(C)(C)OC)c1. The van der Waals surface area contributed by atoms with E-state index in [1.165, 1.54) is 5.56 Å². The Balaban J connectivity index is 2.55. The van der Waals surface area contributed by atoms with Crippen LogP contribution >= 0.6 is 0 Å². The van der Waals surface area contributed by atoms with Crippen LogP contribution in [0.4, 0.5) is 0 Å². The minimum atomic E-state index is -0.0866. The first kappa shape index (κ1) is 16.2. The molecule has 19 heavy (non-hydrogen) atoms. The van der Waals surface area contributed by atoms with Gasteiger partial charge in [0.05, 0.1) is 11.8 Å². The lowest BCUT2D eigenvalue weighted by Crippen LogP contribution is -2.24. The van der Waals surface area contributed by atoms with Crippen LogP contribution in [0, 0.1) is 0 Å². The van der Waals surface area contributed by atoms with Crippen LogP contribution < -0.4 is 5.32 Å². The van der Waals surface area contributed by atoms with Crippen LogP contribution in [0.15, 0.2) is 12.4 Å². The van der Waals surface area contributed by atoms with Gasteiger partial charge in [0, 0.05) is 31.5 Å². The third-order valence-corrected chi connectivity index (χ3v) is 3.60. The number of aromatic nitrogens is 2. The molecule has 0 bridgehead atoms. The largest absolute Gasteiger partial charge is 0.379 e. The molecular weight excluding hydrogens is 238 g/mol. The van der Waals surface area contributed by atoms with Gasteiger partial charge in [-0.25, -0.2) is 0 Å². The van der Waals surface area contributed by atoms with Crippen molar-refractivity contribution < 1.29 is 4.74 Å². The van der Waals surface area contributed by atoms with E-state index in [4.69, 9.17) is 4.74 Å². The minimum Gasteiger partial charge on any atom is -0.379 e. The molecule has 1 N–H and O–H groups in total. The van der Waals surface area contributed by atoms with Crippen LogP contribution in [-0.4, -0.2) is 29.0 Å². The maximum absolute atomic E-state index is 5.43. The summed E-state index contributed by atoms with van der Waals surface area (Å²) >= 11 is 0. The fraction of sp³-hybridized carbons (Fsp3) is 0.800. The van der Waals surface area contributed by atoms with E-state index in [0.717, 1.165) is 32.4 Å². The number of methoxy groups -OCH3 is 1. The quantitative estimate of drug-likeness (QED) is 0.747. The molecule has 0 aromatic carbocycles. The van der Waals surface area contributed by atoms with Gasteiger partial charge in [0.1, 0.15) is 0 Å². The third kappa shape index (κ3) is 5.33. The Morgan fingerprint density at radius 3 is 2.74 bits per heavy atom. The molecule has 0 amide bonds. The lowest BCUT2D eigenvalue weighted by atomic mass is 10.1. The minimum absolute atomic E-state index is 0.0866. The van der Waals surface area contributed by atoms with E-state index >= 15 is 0 Å². The highest BCUT2D eigenvalue weighted by Crippen LogP contribution is 2.17. The zero-order chi connectivity index (χ0) is 14.3. The van der Waals surface area contributed by atoms with Crippen molar-refractivity contribution in [2.45, 2.75) is 65.1 Å². The van der Waals surface area contributed by atoms with E-state index in [-0.39, 0.29) is 5.60 Å². The molecule has 0 radical (unpaired) electrons. The summed E-state index contributed by atoms with van der Waals surface area (Å²) in [5, 5.41) is 8.01. The van der Waals surface area contributed by atoms with Gasteiger partial charge in [-0.05, 0) is 39.7 Å². The molecule has 0 spiro atoms. The highest BCUT2D eigenvalue weighted by molar-refractivity contribution is 5.10. The van der Waals surface area contributed by atoms with Crippen LogP contribution in [0.25, 0.3) is 0 Å². The predicted molar refractivity (Wildman–Crippen MR) is 79.3 cm³/mol. The fourth-order valence-electron chi connectivity index (χ4n) is 1.98. The first-order chi connectivity index (χ1) is 9.02. The molecule has 1 heterocycles. The maximum Gasteiger partial charge on any atom is 0.0640 e. The molecule has 0 saturated heterocycles. The van der Waals surface area contributed by atoms with Crippen LogP contribution in [0.1, 0.15) is 58.6 Å². The Labute approximate surface area is 117 Å². The number of aryl methyl sites for hydroxylation is 1. The predicted octanol–water partition coefficient (Wildman–Crippen LogP) is 3.15. The monoisotopic (exact) mass is 267 g/mol. The molecule has 0 aliphatic heterocycles. The van der Waals surface area contributed by atoms with Gasteiger partial charge in [0.25, 0.3) is 0 Å². The Morgan fingerprint density at radius 2 is 2.16 bits per heavy atom. The molecule has 0 saturated carbocycles. The number of hydrogen-bond donors (Lipinski definition) is 1. The van der Waals surface area contributed by atoms with Crippen molar-refractivity contribution in [1.82, 2.24) is 15.1 Å². The van der Waals surface area contributed by atoms with E-state index in [2.05, 4.69) is 44.3 Å². The summed E-state index contributed by atoms with van der Waals surface area (Å²) in [6.07, 6.45) is 7.35. The van der Waals surface area contributed by atoms with Crippen LogP contribution in [0.2, 0.25) is 0 Å². The summed E-state index contributed by atoms with van der Waals surface area (Å²) in [4.78, 5) is 0. The van der Waals surface area contributed by atoms with Crippen LogP contribution in [0.5, 0.6) is 0 Å². The lowest BCUT2D eigenvalue weighted by Gasteiger charge is -2.22. The summed E-state index contributed by atoms with van der Waals surface area (Å²) in [7, 11) is 1.76.